The van der Waals surface area contributed by atoms with Crippen LogP contribution in [-0.4, -0.2) is 21.8 Å². The summed E-state index contributed by atoms with van der Waals surface area (Å²) < 4.78 is 0. The lowest BCUT2D eigenvalue weighted by Crippen LogP contribution is -2.29. The Morgan fingerprint density at radius 2 is 1.55 bits per heavy atom. The van der Waals surface area contributed by atoms with E-state index in [-0.39, 0.29) is 23.5 Å². The molecule has 1 heterocycles. The van der Waals surface area contributed by atoms with Gasteiger partial charge in [0.05, 0.1) is 17.7 Å². The molecule has 0 radical (unpaired) electrons. The number of nitrogens with two attached hydrogens (primary N) is 1. The number of amides is 2. The van der Waals surface area contributed by atoms with E-state index in [0.717, 1.165) is 11.3 Å². The molecule has 0 aromatic heterocycles. The minimum atomic E-state index is -0.258. The molecule has 1 aliphatic heterocycles. The Labute approximate surface area is 132 Å². The van der Waals surface area contributed by atoms with Gasteiger partial charge in [-0.2, -0.15) is 0 Å². The number of fused-ring (bicyclic) bond motifs is 1. The van der Waals surface area contributed by atoms with E-state index >= 15 is 0 Å². The molecule has 110 valence electrons. The molecule has 6 heteroatoms. The van der Waals surface area contributed by atoms with Gasteiger partial charge in [-0.1, -0.05) is 24.3 Å². The molecule has 0 fully saturated rings. The van der Waals surface area contributed by atoms with Crippen molar-refractivity contribution < 1.29 is 9.59 Å². The molecule has 3 rings (SSSR count). The number of carbonyl (C=O) groups is 2. The number of anilines is 1. The van der Waals surface area contributed by atoms with E-state index in [0.29, 0.717) is 11.1 Å². The number of thiocarbonyl (C=S) groups is 1. The monoisotopic (exact) mass is 311 g/mol. The highest BCUT2D eigenvalue weighted by Crippen LogP contribution is 2.24. The molecule has 2 aromatic carbocycles. The predicted molar refractivity (Wildman–Crippen MR) is 87.5 cm³/mol. The van der Waals surface area contributed by atoms with Crippen LogP contribution in [0.5, 0.6) is 0 Å². The first kappa shape index (κ1) is 14.2. The molecule has 0 bridgehead atoms. The van der Waals surface area contributed by atoms with Crippen LogP contribution < -0.4 is 11.1 Å². The Hall–Kier alpha value is -2.73. The van der Waals surface area contributed by atoms with Crippen molar-refractivity contribution in [2.24, 2.45) is 5.73 Å². The van der Waals surface area contributed by atoms with E-state index in [2.05, 4.69) is 5.32 Å². The first-order valence-corrected chi connectivity index (χ1v) is 7.08. The van der Waals surface area contributed by atoms with Crippen molar-refractivity contribution in [1.29, 1.82) is 0 Å². The van der Waals surface area contributed by atoms with Crippen LogP contribution in [0.4, 0.5) is 5.69 Å². The summed E-state index contributed by atoms with van der Waals surface area (Å²) >= 11 is 4.77. The average molecular weight is 311 g/mol. The molecule has 1 aliphatic rings. The van der Waals surface area contributed by atoms with Gasteiger partial charge >= 0.3 is 0 Å². The topological polar surface area (TPSA) is 75.4 Å². The van der Waals surface area contributed by atoms with Crippen molar-refractivity contribution in [3.8, 4) is 0 Å². The largest absolute Gasteiger partial charge is 0.376 e. The normalized spacial score (nSPS) is 13.2. The highest BCUT2D eigenvalue weighted by atomic mass is 32.1. The number of hydrogen-bond acceptors (Lipinski definition) is 3. The maximum atomic E-state index is 12.3. The van der Waals surface area contributed by atoms with Gasteiger partial charge in [0.2, 0.25) is 0 Å². The molecule has 5 nitrogen and oxygen atoms in total. The predicted octanol–water partition coefficient (Wildman–Crippen LogP) is 2.14. The fourth-order valence-corrected chi connectivity index (χ4v) is 2.52. The second kappa shape index (κ2) is 5.57. The first-order chi connectivity index (χ1) is 10.6. The molecular weight excluding hydrogens is 298 g/mol. The maximum absolute atomic E-state index is 12.3. The van der Waals surface area contributed by atoms with E-state index in [1.807, 2.05) is 12.1 Å². The van der Waals surface area contributed by atoms with Crippen LogP contribution in [0, 0.1) is 0 Å². The summed E-state index contributed by atoms with van der Waals surface area (Å²) in [7, 11) is 0. The summed E-state index contributed by atoms with van der Waals surface area (Å²) in [6, 6.07) is 14.1. The second-order valence-corrected chi connectivity index (χ2v) is 5.37. The number of rotatable bonds is 3. The van der Waals surface area contributed by atoms with E-state index in [4.69, 9.17) is 18.0 Å². The van der Waals surface area contributed by atoms with Gasteiger partial charge in [0, 0.05) is 5.69 Å². The quantitative estimate of drug-likeness (QED) is 0.671. The van der Waals surface area contributed by atoms with Crippen LogP contribution in [0.2, 0.25) is 0 Å². The van der Waals surface area contributed by atoms with Gasteiger partial charge in [0.15, 0.2) is 5.11 Å². The Bertz CT molecular complexity index is 736. The fourth-order valence-electron chi connectivity index (χ4n) is 2.40. The van der Waals surface area contributed by atoms with Crippen molar-refractivity contribution in [2.45, 2.75) is 6.54 Å². The van der Waals surface area contributed by atoms with E-state index in [1.165, 1.54) is 4.90 Å². The first-order valence-electron chi connectivity index (χ1n) is 6.67. The summed E-state index contributed by atoms with van der Waals surface area (Å²) in [4.78, 5) is 25.8. The van der Waals surface area contributed by atoms with Crippen molar-refractivity contribution in [3.05, 3.63) is 65.2 Å². The standard InChI is InChI=1S/C16H13N3O2S/c17-16(22)18-11-7-5-10(6-8-11)9-19-14(20)12-3-1-2-4-13(12)15(19)21/h1-8H,9H2,(H3,17,18,22). The number of nitrogens with one attached hydrogen (secondary N) is 1. The zero-order chi connectivity index (χ0) is 15.7. The lowest BCUT2D eigenvalue weighted by Gasteiger charge is -2.14. The van der Waals surface area contributed by atoms with Gasteiger partial charge in [-0.05, 0) is 42.0 Å². The fraction of sp³-hybridized carbons (Fsp3) is 0.0625. The summed E-state index contributed by atoms with van der Waals surface area (Å²) in [6.07, 6.45) is 0. The number of hydrogen-bond donors (Lipinski definition) is 2. The molecule has 0 spiro atoms. The van der Waals surface area contributed by atoms with Crippen molar-refractivity contribution in [1.82, 2.24) is 4.90 Å². The third-order valence-corrected chi connectivity index (χ3v) is 3.54. The van der Waals surface area contributed by atoms with E-state index in [9.17, 15) is 9.59 Å². The van der Waals surface area contributed by atoms with Crippen LogP contribution in [0.15, 0.2) is 48.5 Å². The third kappa shape index (κ3) is 2.56. The van der Waals surface area contributed by atoms with Gasteiger partial charge in [-0.15, -0.1) is 0 Å². The lowest BCUT2D eigenvalue weighted by molar-refractivity contribution is 0.0642. The molecule has 0 saturated heterocycles. The highest BCUT2D eigenvalue weighted by Gasteiger charge is 2.34. The van der Waals surface area contributed by atoms with Crippen molar-refractivity contribution >= 4 is 34.8 Å². The lowest BCUT2D eigenvalue weighted by atomic mass is 10.1. The zero-order valence-corrected chi connectivity index (χ0v) is 12.4. The smallest absolute Gasteiger partial charge is 0.261 e. The minimum Gasteiger partial charge on any atom is -0.376 e. The molecule has 0 unspecified atom stereocenters. The maximum Gasteiger partial charge on any atom is 0.261 e. The molecular formula is C16H13N3O2S. The summed E-state index contributed by atoms with van der Waals surface area (Å²) in [6.45, 7) is 0.236. The molecule has 0 aliphatic carbocycles. The SMILES string of the molecule is NC(=S)Nc1ccc(CN2C(=O)c3ccccc3C2=O)cc1. The van der Waals surface area contributed by atoms with Crippen LogP contribution >= 0.6 is 12.2 Å². The Balaban J connectivity index is 1.78. The Kier molecular flexibility index (Phi) is 3.60. The molecule has 0 atom stereocenters. The summed E-state index contributed by atoms with van der Waals surface area (Å²) in [5.74, 6) is -0.517. The number of carbonyl (C=O) groups excluding carboxylic acids is 2. The van der Waals surface area contributed by atoms with Crippen LogP contribution in [-0.2, 0) is 6.54 Å². The van der Waals surface area contributed by atoms with Crippen molar-refractivity contribution in [2.75, 3.05) is 5.32 Å². The number of imide groups is 1. The van der Waals surface area contributed by atoms with Crippen molar-refractivity contribution in [3.63, 3.8) is 0 Å². The number of nitrogens with zero attached hydrogens (tertiary/aromatic N) is 1. The van der Waals surface area contributed by atoms with Gasteiger partial charge in [0.25, 0.3) is 11.8 Å². The van der Waals surface area contributed by atoms with Gasteiger partial charge < -0.3 is 11.1 Å². The summed E-state index contributed by atoms with van der Waals surface area (Å²) in [5.41, 5.74) is 7.93. The molecule has 2 amide bonds. The molecule has 2 aromatic rings. The molecule has 22 heavy (non-hydrogen) atoms. The van der Waals surface area contributed by atoms with Gasteiger partial charge in [-0.25, -0.2) is 0 Å². The van der Waals surface area contributed by atoms with E-state index in [1.54, 1.807) is 36.4 Å². The van der Waals surface area contributed by atoms with Crippen LogP contribution in [0.25, 0.3) is 0 Å². The second-order valence-electron chi connectivity index (χ2n) is 4.93. The molecule has 3 N–H and O–H groups in total. The summed E-state index contributed by atoms with van der Waals surface area (Å²) in [5, 5.41) is 3.01. The molecule has 0 saturated carbocycles. The third-order valence-electron chi connectivity index (χ3n) is 3.44. The zero-order valence-electron chi connectivity index (χ0n) is 11.6. The van der Waals surface area contributed by atoms with E-state index < -0.39 is 0 Å². The van der Waals surface area contributed by atoms with Gasteiger partial charge in [-0.3, -0.25) is 14.5 Å². The Morgan fingerprint density at radius 1 is 1.00 bits per heavy atom. The van der Waals surface area contributed by atoms with Crippen LogP contribution in [0.3, 0.4) is 0 Å². The van der Waals surface area contributed by atoms with Gasteiger partial charge in [0.1, 0.15) is 0 Å². The highest BCUT2D eigenvalue weighted by molar-refractivity contribution is 7.80. The minimum absolute atomic E-state index is 0.188. The van der Waals surface area contributed by atoms with Crippen LogP contribution in [0.1, 0.15) is 26.3 Å². The average Bonchev–Trinajstić information content (AvgIpc) is 2.74. The Morgan fingerprint density at radius 3 is 2.05 bits per heavy atom. The number of benzene rings is 2.